The molecule has 2 aromatic carbocycles. The summed E-state index contributed by atoms with van der Waals surface area (Å²) in [5.74, 6) is -2.26. The smallest absolute Gasteiger partial charge is 0.270 e. The van der Waals surface area contributed by atoms with Gasteiger partial charge in [-0.2, -0.15) is 5.10 Å². The van der Waals surface area contributed by atoms with Crippen molar-refractivity contribution in [1.82, 2.24) is 25.2 Å². The molecule has 0 radical (unpaired) electrons. The monoisotopic (exact) mass is 506 g/mol. The molecular weight excluding hydrogens is 486 g/mol. The molecule has 5 rings (SSSR count). The van der Waals surface area contributed by atoms with E-state index in [2.05, 4.69) is 26.0 Å². The minimum Gasteiger partial charge on any atom is -0.482 e. The van der Waals surface area contributed by atoms with Crippen LogP contribution in [-0.2, 0) is 11.3 Å². The van der Waals surface area contributed by atoms with Gasteiger partial charge in [0, 0.05) is 12.6 Å². The highest BCUT2D eigenvalue weighted by molar-refractivity contribution is 5.98. The number of carbonyl (C=O) groups is 3. The van der Waals surface area contributed by atoms with Crippen molar-refractivity contribution in [3.63, 3.8) is 0 Å². The van der Waals surface area contributed by atoms with E-state index in [0.29, 0.717) is 22.6 Å². The lowest BCUT2D eigenvalue weighted by molar-refractivity contribution is -0.118. The van der Waals surface area contributed by atoms with E-state index in [1.165, 1.54) is 30.3 Å². The molecule has 188 valence electrons. The number of nitrogens with zero attached hydrogens (tertiary/aromatic N) is 3. The quantitative estimate of drug-likeness (QED) is 0.369. The molecule has 1 unspecified atom stereocenters. The minimum absolute atomic E-state index is 0.0685. The van der Waals surface area contributed by atoms with Crippen molar-refractivity contribution < 1.29 is 27.9 Å². The van der Waals surface area contributed by atoms with Crippen molar-refractivity contribution in [1.29, 1.82) is 0 Å². The number of fused-ring (bicyclic) bond motifs is 2. The molecule has 1 atom stereocenters. The van der Waals surface area contributed by atoms with E-state index in [1.54, 1.807) is 25.1 Å². The van der Waals surface area contributed by atoms with Crippen LogP contribution in [0.25, 0.3) is 5.65 Å². The Morgan fingerprint density at radius 2 is 1.92 bits per heavy atom. The van der Waals surface area contributed by atoms with Crippen LogP contribution in [0.3, 0.4) is 0 Å². The van der Waals surface area contributed by atoms with Crippen molar-refractivity contribution in [3.8, 4) is 5.75 Å². The van der Waals surface area contributed by atoms with Crippen molar-refractivity contribution >= 4 is 29.1 Å². The molecule has 0 saturated carbocycles. The van der Waals surface area contributed by atoms with E-state index in [9.17, 15) is 23.2 Å². The van der Waals surface area contributed by atoms with Gasteiger partial charge in [-0.3, -0.25) is 14.4 Å². The maximum absolute atomic E-state index is 14.4. The number of halogens is 2. The fraction of sp³-hybridized carbons (Fsp3) is 0.160. The van der Waals surface area contributed by atoms with Gasteiger partial charge in [-0.1, -0.05) is 18.2 Å². The lowest BCUT2D eigenvalue weighted by Gasteiger charge is -2.18. The number of aromatic nitrogens is 3. The fourth-order valence-corrected chi connectivity index (χ4v) is 3.83. The summed E-state index contributed by atoms with van der Waals surface area (Å²) in [6.45, 7) is 1.70. The van der Waals surface area contributed by atoms with Gasteiger partial charge < -0.3 is 20.7 Å². The molecule has 37 heavy (non-hydrogen) atoms. The Bertz CT molecular complexity index is 1540. The van der Waals surface area contributed by atoms with Gasteiger partial charge in [0.05, 0.1) is 17.9 Å². The highest BCUT2D eigenvalue weighted by atomic mass is 19.1. The van der Waals surface area contributed by atoms with Crippen molar-refractivity contribution in [2.75, 3.05) is 11.9 Å². The Morgan fingerprint density at radius 1 is 1.14 bits per heavy atom. The molecule has 3 amide bonds. The summed E-state index contributed by atoms with van der Waals surface area (Å²) < 4.78 is 33.9. The number of hydrogen-bond acceptors (Lipinski definition) is 6. The van der Waals surface area contributed by atoms with E-state index < -0.39 is 29.5 Å². The van der Waals surface area contributed by atoms with Crippen LogP contribution in [0.1, 0.15) is 45.1 Å². The maximum Gasteiger partial charge on any atom is 0.270 e. The predicted molar refractivity (Wildman–Crippen MR) is 127 cm³/mol. The largest absolute Gasteiger partial charge is 0.482 e. The topological polar surface area (TPSA) is 127 Å². The number of rotatable bonds is 6. The van der Waals surface area contributed by atoms with E-state index in [4.69, 9.17) is 4.74 Å². The molecule has 0 spiro atoms. The van der Waals surface area contributed by atoms with E-state index >= 15 is 0 Å². The summed E-state index contributed by atoms with van der Waals surface area (Å²) in [4.78, 5) is 41.5. The summed E-state index contributed by atoms with van der Waals surface area (Å²) in [6, 6.07) is 11.4. The first-order chi connectivity index (χ1) is 17.8. The lowest BCUT2D eigenvalue weighted by Crippen LogP contribution is -2.30. The molecule has 0 aliphatic carbocycles. The third kappa shape index (κ3) is 4.94. The summed E-state index contributed by atoms with van der Waals surface area (Å²) in [5.41, 5.74) is 1.21. The van der Waals surface area contributed by atoms with Crippen LogP contribution in [0.4, 0.5) is 14.5 Å². The highest BCUT2D eigenvalue weighted by Crippen LogP contribution is 2.28. The van der Waals surface area contributed by atoms with Crippen LogP contribution in [0.15, 0.2) is 54.7 Å². The summed E-state index contributed by atoms with van der Waals surface area (Å²) in [6.07, 6.45) is 0.897. The van der Waals surface area contributed by atoms with Gasteiger partial charge in [-0.15, -0.1) is 0 Å². The second-order valence-electron chi connectivity index (χ2n) is 8.35. The van der Waals surface area contributed by atoms with Gasteiger partial charge >= 0.3 is 0 Å². The zero-order valence-corrected chi connectivity index (χ0v) is 19.4. The number of amides is 3. The van der Waals surface area contributed by atoms with E-state index in [1.807, 2.05) is 0 Å². The molecule has 0 fully saturated rings. The Labute approximate surface area is 208 Å². The molecule has 0 saturated heterocycles. The molecule has 10 nitrogen and oxygen atoms in total. The molecule has 0 bridgehead atoms. The van der Waals surface area contributed by atoms with Gasteiger partial charge in [-0.05, 0) is 42.3 Å². The molecule has 2 aromatic heterocycles. The summed E-state index contributed by atoms with van der Waals surface area (Å²) in [7, 11) is 0. The molecular formula is C25H20F2N6O4. The molecule has 4 aromatic rings. The van der Waals surface area contributed by atoms with Gasteiger partial charge in [0.15, 0.2) is 18.1 Å². The molecule has 3 heterocycles. The average molecular weight is 506 g/mol. The van der Waals surface area contributed by atoms with E-state index in [0.717, 1.165) is 10.7 Å². The van der Waals surface area contributed by atoms with Gasteiger partial charge in [0.2, 0.25) is 0 Å². The number of benzene rings is 2. The van der Waals surface area contributed by atoms with Crippen molar-refractivity contribution in [2.24, 2.45) is 0 Å². The van der Waals surface area contributed by atoms with Gasteiger partial charge in [0.1, 0.15) is 23.0 Å². The summed E-state index contributed by atoms with van der Waals surface area (Å²) in [5, 5.41) is 12.0. The Hall–Kier alpha value is -4.87. The predicted octanol–water partition coefficient (Wildman–Crippen LogP) is 2.76. The molecule has 1 aliphatic rings. The van der Waals surface area contributed by atoms with Crippen LogP contribution < -0.4 is 20.7 Å². The number of carbonyl (C=O) groups excluding carboxylic acids is 3. The van der Waals surface area contributed by atoms with Gasteiger partial charge in [-0.25, -0.2) is 18.3 Å². The van der Waals surface area contributed by atoms with Crippen LogP contribution in [0, 0.1) is 11.6 Å². The van der Waals surface area contributed by atoms with Crippen LogP contribution in [0.5, 0.6) is 5.75 Å². The van der Waals surface area contributed by atoms with E-state index in [-0.39, 0.29) is 36.1 Å². The van der Waals surface area contributed by atoms with Crippen LogP contribution >= 0.6 is 0 Å². The zero-order valence-electron chi connectivity index (χ0n) is 19.4. The maximum atomic E-state index is 14.4. The lowest BCUT2D eigenvalue weighted by atomic mass is 10.1. The SMILES string of the molecule is CC(NC(=O)c1cc(C(=O)NCc2ccc3c(c2)NC(=O)CO3)nc2c(F)cnn12)c1ccc(F)cc1. The van der Waals surface area contributed by atoms with Crippen molar-refractivity contribution in [2.45, 2.75) is 19.5 Å². The summed E-state index contributed by atoms with van der Waals surface area (Å²) >= 11 is 0. The normalized spacial score (nSPS) is 13.3. The number of ether oxygens (including phenoxy) is 1. The first kappa shape index (κ1) is 23.9. The Kier molecular flexibility index (Phi) is 6.22. The molecule has 1 aliphatic heterocycles. The number of nitrogens with one attached hydrogen (secondary N) is 3. The number of hydrogen-bond donors (Lipinski definition) is 3. The second-order valence-corrected chi connectivity index (χ2v) is 8.35. The first-order valence-electron chi connectivity index (χ1n) is 11.2. The Balaban J connectivity index is 1.36. The first-order valence-corrected chi connectivity index (χ1v) is 11.2. The highest BCUT2D eigenvalue weighted by Gasteiger charge is 2.22. The Morgan fingerprint density at radius 3 is 2.70 bits per heavy atom. The average Bonchev–Trinajstić information content (AvgIpc) is 3.27. The van der Waals surface area contributed by atoms with Crippen molar-refractivity contribution in [3.05, 3.63) is 88.9 Å². The second kappa shape index (κ2) is 9.64. The molecule has 3 N–H and O–H groups in total. The minimum atomic E-state index is -0.805. The molecule has 12 heteroatoms. The standard InChI is InChI=1S/C25H20F2N6O4/c1-13(15-3-5-16(26)6-4-15)30-25(36)20-9-19(32-23-17(27)11-29-33(20)23)24(35)28-10-14-2-7-21-18(8-14)31-22(34)12-37-21/h2-9,11,13H,10,12H2,1H3,(H,28,35)(H,30,36)(H,31,34). The zero-order chi connectivity index (χ0) is 26.1. The van der Waals surface area contributed by atoms with Gasteiger partial charge in [0.25, 0.3) is 17.7 Å². The van der Waals surface area contributed by atoms with Crippen LogP contribution in [0.2, 0.25) is 0 Å². The third-order valence-corrected chi connectivity index (χ3v) is 5.74. The third-order valence-electron chi connectivity index (χ3n) is 5.74. The fourth-order valence-electron chi connectivity index (χ4n) is 3.83. The number of anilines is 1. The van der Waals surface area contributed by atoms with Crippen LogP contribution in [-0.4, -0.2) is 38.9 Å².